The lowest BCUT2D eigenvalue weighted by Crippen LogP contribution is -2.54. The highest BCUT2D eigenvalue weighted by molar-refractivity contribution is 5.91. The van der Waals surface area contributed by atoms with Gasteiger partial charge in [-0.2, -0.15) is 0 Å². The van der Waals surface area contributed by atoms with Crippen molar-refractivity contribution in [1.29, 1.82) is 0 Å². The van der Waals surface area contributed by atoms with E-state index in [9.17, 15) is 19.2 Å². The van der Waals surface area contributed by atoms with Crippen LogP contribution in [0.15, 0.2) is 0 Å². The summed E-state index contributed by atoms with van der Waals surface area (Å²) in [6, 6.07) is -0.856. The normalized spacial score (nSPS) is 22.0. The van der Waals surface area contributed by atoms with Gasteiger partial charge in [-0.05, 0) is 23.3 Å². The topological polar surface area (TPSA) is 177 Å². The smallest absolute Gasteiger partial charge is 0.318 e. The number of piperidine rings is 1. The van der Waals surface area contributed by atoms with E-state index in [1.54, 1.807) is 0 Å². The Balaban J connectivity index is 1.52. The van der Waals surface area contributed by atoms with Gasteiger partial charge in [0.2, 0.25) is 5.82 Å². The molecule has 13 nitrogen and oxygen atoms in total. The van der Waals surface area contributed by atoms with Crippen molar-refractivity contribution in [3.05, 3.63) is 5.82 Å². The van der Waals surface area contributed by atoms with Crippen molar-refractivity contribution in [1.82, 2.24) is 41.3 Å². The first-order valence-corrected chi connectivity index (χ1v) is 7.17. The van der Waals surface area contributed by atoms with Crippen molar-refractivity contribution < 1.29 is 19.2 Å². The third kappa shape index (κ3) is 2.95. The standard InChI is InChI=1S/C11H15N9O4/c12-8(22)9-15-17-18-20(9)4-7(21)14-16-10(23)6-2-1-5-3-19(6)11(24)13-5/h5-6H,1-4H2,(H2,12,22)(H,13,24)(H,14,21)(H,16,23)/t5?,6-/m0/s1. The van der Waals surface area contributed by atoms with E-state index in [-0.39, 0.29) is 17.9 Å². The number of hydrazine groups is 1. The Morgan fingerprint density at radius 2 is 2.08 bits per heavy atom. The van der Waals surface area contributed by atoms with Crippen LogP contribution in [0.3, 0.4) is 0 Å². The number of rotatable bonds is 4. The number of carbonyl (C=O) groups is 4. The summed E-state index contributed by atoms with van der Waals surface area (Å²) in [6.07, 6.45) is 1.20. The highest BCUT2D eigenvalue weighted by atomic mass is 16.2. The molecule has 5 amide bonds. The zero-order valence-corrected chi connectivity index (χ0v) is 12.4. The number of nitrogens with one attached hydrogen (secondary N) is 3. The molecule has 0 aliphatic carbocycles. The summed E-state index contributed by atoms with van der Waals surface area (Å²) in [5.74, 6) is -2.31. The van der Waals surface area contributed by atoms with E-state index in [0.29, 0.717) is 19.4 Å². The van der Waals surface area contributed by atoms with E-state index in [0.717, 1.165) is 4.68 Å². The molecule has 1 aromatic heterocycles. The fourth-order valence-corrected chi connectivity index (χ4v) is 2.72. The molecule has 128 valence electrons. The van der Waals surface area contributed by atoms with E-state index in [4.69, 9.17) is 5.73 Å². The quantitative estimate of drug-likeness (QED) is 0.411. The van der Waals surface area contributed by atoms with Gasteiger partial charge in [-0.1, -0.05) is 0 Å². The van der Waals surface area contributed by atoms with Crippen molar-refractivity contribution in [3.8, 4) is 0 Å². The van der Waals surface area contributed by atoms with Crippen LogP contribution in [0.1, 0.15) is 23.5 Å². The minimum atomic E-state index is -0.881. The zero-order valence-electron chi connectivity index (χ0n) is 12.4. The van der Waals surface area contributed by atoms with Gasteiger partial charge in [0.25, 0.3) is 17.7 Å². The second-order valence-corrected chi connectivity index (χ2v) is 5.45. The molecule has 1 unspecified atom stereocenters. The van der Waals surface area contributed by atoms with Gasteiger partial charge in [0.1, 0.15) is 12.6 Å². The molecule has 13 heteroatoms. The largest absolute Gasteiger partial charge is 0.363 e. The Bertz CT molecular complexity index is 701. The molecular weight excluding hydrogens is 322 g/mol. The van der Waals surface area contributed by atoms with Crippen molar-refractivity contribution in [3.63, 3.8) is 0 Å². The van der Waals surface area contributed by atoms with Crippen LogP contribution in [0, 0.1) is 0 Å². The van der Waals surface area contributed by atoms with Crippen LogP contribution in [-0.4, -0.2) is 67.5 Å². The minimum Gasteiger partial charge on any atom is -0.363 e. The van der Waals surface area contributed by atoms with E-state index in [1.165, 1.54) is 4.90 Å². The maximum atomic E-state index is 12.1. The van der Waals surface area contributed by atoms with Crippen LogP contribution >= 0.6 is 0 Å². The molecule has 5 N–H and O–H groups in total. The van der Waals surface area contributed by atoms with Gasteiger partial charge in [-0.25, -0.2) is 9.48 Å². The van der Waals surface area contributed by atoms with Gasteiger partial charge in [0.05, 0.1) is 0 Å². The molecule has 2 atom stereocenters. The first-order valence-electron chi connectivity index (χ1n) is 7.17. The summed E-state index contributed by atoms with van der Waals surface area (Å²) in [5.41, 5.74) is 9.51. The monoisotopic (exact) mass is 337 g/mol. The molecule has 2 aliphatic heterocycles. The van der Waals surface area contributed by atoms with Gasteiger partial charge in [0.15, 0.2) is 0 Å². The highest BCUT2D eigenvalue weighted by Crippen LogP contribution is 2.22. The lowest BCUT2D eigenvalue weighted by Gasteiger charge is -2.29. The molecule has 2 fully saturated rings. The molecule has 0 radical (unpaired) electrons. The highest BCUT2D eigenvalue weighted by Gasteiger charge is 2.41. The van der Waals surface area contributed by atoms with E-state index in [2.05, 4.69) is 31.7 Å². The Morgan fingerprint density at radius 3 is 2.83 bits per heavy atom. The first kappa shape index (κ1) is 15.6. The number of aromatic nitrogens is 4. The number of urea groups is 1. The molecule has 1 aromatic rings. The predicted octanol–water partition coefficient (Wildman–Crippen LogP) is -3.52. The first-order chi connectivity index (χ1) is 11.5. The molecule has 2 bridgehead atoms. The van der Waals surface area contributed by atoms with Crippen molar-refractivity contribution in [2.45, 2.75) is 31.5 Å². The number of tetrazole rings is 1. The van der Waals surface area contributed by atoms with Crippen LogP contribution in [0.25, 0.3) is 0 Å². The summed E-state index contributed by atoms with van der Waals surface area (Å²) >= 11 is 0. The number of fused-ring (bicyclic) bond motifs is 2. The average Bonchev–Trinajstić information content (AvgIpc) is 3.10. The minimum absolute atomic E-state index is 0.0724. The van der Waals surface area contributed by atoms with E-state index >= 15 is 0 Å². The van der Waals surface area contributed by atoms with Crippen LogP contribution in [0.2, 0.25) is 0 Å². The molecule has 24 heavy (non-hydrogen) atoms. The van der Waals surface area contributed by atoms with Crippen molar-refractivity contribution in [2.75, 3.05) is 6.54 Å². The SMILES string of the molecule is NC(=O)c1nnnn1CC(=O)NNC(=O)[C@@H]1CCC2CN1C(=O)N2. The molecule has 0 spiro atoms. The Kier molecular flexibility index (Phi) is 3.97. The molecule has 0 saturated carbocycles. The fraction of sp³-hybridized carbons (Fsp3) is 0.545. The molecule has 2 saturated heterocycles. The number of hydrogen-bond acceptors (Lipinski definition) is 7. The van der Waals surface area contributed by atoms with E-state index in [1.807, 2.05) is 0 Å². The third-order valence-electron chi connectivity index (χ3n) is 3.84. The summed E-state index contributed by atoms with van der Waals surface area (Å²) in [5, 5.41) is 12.8. The van der Waals surface area contributed by atoms with Crippen molar-refractivity contribution >= 4 is 23.8 Å². The van der Waals surface area contributed by atoms with Gasteiger partial charge in [0, 0.05) is 12.6 Å². The summed E-state index contributed by atoms with van der Waals surface area (Å²) in [4.78, 5) is 48.1. The Hall–Kier alpha value is -3.25. The number of carbonyl (C=O) groups excluding carboxylic acids is 4. The van der Waals surface area contributed by atoms with Crippen LogP contribution in [-0.2, 0) is 16.1 Å². The van der Waals surface area contributed by atoms with Gasteiger partial charge in [-0.3, -0.25) is 25.2 Å². The summed E-state index contributed by atoms with van der Waals surface area (Å²) < 4.78 is 0.906. The molecule has 3 heterocycles. The maximum Gasteiger partial charge on any atom is 0.318 e. The Labute approximate surface area is 134 Å². The van der Waals surface area contributed by atoms with Crippen LogP contribution < -0.4 is 21.9 Å². The maximum absolute atomic E-state index is 12.1. The summed E-state index contributed by atoms with van der Waals surface area (Å²) in [7, 11) is 0. The van der Waals surface area contributed by atoms with Crippen LogP contribution in [0.5, 0.6) is 0 Å². The fourth-order valence-electron chi connectivity index (χ4n) is 2.72. The molecule has 2 aliphatic rings. The van der Waals surface area contributed by atoms with Gasteiger partial charge >= 0.3 is 6.03 Å². The summed E-state index contributed by atoms with van der Waals surface area (Å²) in [6.45, 7) is 0.0694. The van der Waals surface area contributed by atoms with Gasteiger partial charge in [-0.15, -0.1) is 5.10 Å². The number of amides is 5. The number of nitrogens with two attached hydrogens (primary N) is 1. The number of hydrogen-bond donors (Lipinski definition) is 4. The average molecular weight is 337 g/mol. The predicted molar refractivity (Wildman–Crippen MR) is 74.7 cm³/mol. The van der Waals surface area contributed by atoms with Gasteiger partial charge < -0.3 is 16.0 Å². The number of primary amides is 1. The number of nitrogens with zero attached hydrogens (tertiary/aromatic N) is 5. The second kappa shape index (κ2) is 6.10. The van der Waals surface area contributed by atoms with Crippen LogP contribution in [0.4, 0.5) is 4.79 Å². The third-order valence-corrected chi connectivity index (χ3v) is 3.84. The lowest BCUT2D eigenvalue weighted by molar-refractivity contribution is -0.132. The van der Waals surface area contributed by atoms with Crippen molar-refractivity contribution in [2.24, 2.45) is 5.73 Å². The molecule has 0 aromatic carbocycles. The second-order valence-electron chi connectivity index (χ2n) is 5.45. The Morgan fingerprint density at radius 1 is 1.29 bits per heavy atom. The lowest BCUT2D eigenvalue weighted by atomic mass is 10.0. The zero-order chi connectivity index (χ0) is 17.3. The van der Waals surface area contributed by atoms with E-state index < -0.39 is 30.3 Å². The molecular formula is C11H15N9O4. The molecule has 3 rings (SSSR count).